The molecule has 0 saturated heterocycles. The van der Waals surface area contributed by atoms with E-state index in [1.54, 1.807) is 30.3 Å². The van der Waals surface area contributed by atoms with Crippen LogP contribution in [-0.2, 0) is 20.5 Å². The lowest BCUT2D eigenvalue weighted by Crippen LogP contribution is -2.40. The Morgan fingerprint density at radius 2 is 2.04 bits per heavy atom. The fraction of sp³-hybridized carbons (Fsp3) is 0.267. The lowest BCUT2D eigenvalue weighted by molar-refractivity contribution is 0.00306. The largest absolute Gasteiger partial charge is 0.372 e. The third kappa shape index (κ3) is 2.99. The number of methoxy groups -OCH3 is 1. The van der Waals surface area contributed by atoms with Crippen LogP contribution >= 0.6 is 15.9 Å². The van der Waals surface area contributed by atoms with Crippen molar-refractivity contribution in [2.24, 2.45) is 0 Å². The molecule has 1 aliphatic rings. The van der Waals surface area contributed by atoms with Crippen molar-refractivity contribution in [3.8, 4) is 0 Å². The number of benzene rings is 1. The molecule has 1 N–H and O–H groups in total. The van der Waals surface area contributed by atoms with Crippen molar-refractivity contribution in [2.75, 3.05) is 11.4 Å². The maximum Gasteiger partial charge on any atom is 0.242 e. The number of anilines is 1. The Morgan fingerprint density at radius 3 is 2.70 bits per heavy atom. The number of hydrogen-bond donors (Lipinski definition) is 1. The summed E-state index contributed by atoms with van der Waals surface area (Å²) in [6.45, 7) is 0. The fourth-order valence-corrected chi connectivity index (χ4v) is 4.61. The van der Waals surface area contributed by atoms with Gasteiger partial charge in [0.1, 0.15) is 6.10 Å². The molecule has 0 saturated carbocycles. The van der Waals surface area contributed by atoms with E-state index in [-0.39, 0.29) is 11.6 Å². The molecule has 2 atom stereocenters. The van der Waals surface area contributed by atoms with Gasteiger partial charge in [0.2, 0.25) is 10.0 Å². The van der Waals surface area contributed by atoms with Crippen LogP contribution in [-0.4, -0.2) is 31.8 Å². The zero-order chi connectivity index (χ0) is 16.6. The minimum absolute atomic E-state index is 0.198. The van der Waals surface area contributed by atoms with Crippen LogP contribution in [0.15, 0.2) is 47.1 Å². The van der Waals surface area contributed by atoms with Crippen LogP contribution in [0.3, 0.4) is 0 Å². The van der Waals surface area contributed by atoms with Crippen molar-refractivity contribution < 1.29 is 18.3 Å². The molecule has 2 aromatic rings. The number of rotatable bonds is 4. The zero-order valence-corrected chi connectivity index (χ0v) is 14.7. The highest BCUT2D eigenvalue weighted by Gasteiger charge is 2.45. The van der Waals surface area contributed by atoms with E-state index < -0.39 is 22.4 Å². The molecule has 23 heavy (non-hydrogen) atoms. The molecular formula is C15H15BrN2O4S. The van der Waals surface area contributed by atoms with Gasteiger partial charge in [-0.25, -0.2) is 17.7 Å². The highest BCUT2D eigenvalue weighted by molar-refractivity contribution is 9.10. The topological polar surface area (TPSA) is 79.7 Å². The smallest absolute Gasteiger partial charge is 0.242 e. The number of fused-ring (bicyclic) bond motifs is 1. The van der Waals surface area contributed by atoms with Gasteiger partial charge in [-0.3, -0.25) is 0 Å². The van der Waals surface area contributed by atoms with E-state index in [1.165, 1.54) is 13.3 Å². The van der Waals surface area contributed by atoms with Gasteiger partial charge >= 0.3 is 0 Å². The first-order valence-electron chi connectivity index (χ1n) is 6.86. The summed E-state index contributed by atoms with van der Waals surface area (Å²) >= 11 is 3.30. The van der Waals surface area contributed by atoms with Crippen LogP contribution in [0.1, 0.15) is 17.2 Å². The number of pyridine rings is 1. The summed E-state index contributed by atoms with van der Waals surface area (Å²) in [7, 11) is -2.38. The second-order valence-corrected chi connectivity index (χ2v) is 7.94. The Labute approximate surface area is 142 Å². The Bertz CT molecular complexity index is 813. The van der Waals surface area contributed by atoms with E-state index in [9.17, 15) is 13.5 Å². The minimum atomic E-state index is -3.81. The van der Waals surface area contributed by atoms with E-state index in [1.807, 2.05) is 6.07 Å². The van der Waals surface area contributed by atoms with E-state index in [0.717, 1.165) is 4.31 Å². The number of hydrogen-bond acceptors (Lipinski definition) is 5. The lowest BCUT2D eigenvalue weighted by Gasteiger charge is -2.24. The summed E-state index contributed by atoms with van der Waals surface area (Å²) in [6, 6.07) is 10.5. The van der Waals surface area contributed by atoms with E-state index in [2.05, 4.69) is 20.9 Å². The summed E-state index contributed by atoms with van der Waals surface area (Å²) in [5.74, 6) is -0.0260. The third-order valence-corrected chi connectivity index (χ3v) is 5.75. The van der Waals surface area contributed by atoms with Gasteiger partial charge < -0.3 is 9.84 Å². The Hall–Kier alpha value is -1.48. The predicted octanol–water partition coefficient (Wildman–Crippen LogP) is 2.20. The molecule has 0 amide bonds. The first kappa shape index (κ1) is 16.4. The zero-order valence-electron chi connectivity index (χ0n) is 12.3. The molecule has 8 heteroatoms. The highest BCUT2D eigenvalue weighted by Crippen LogP contribution is 2.42. The number of aliphatic hydroxyl groups is 1. The molecular weight excluding hydrogens is 384 g/mol. The molecule has 1 aromatic heterocycles. The Morgan fingerprint density at radius 1 is 1.35 bits per heavy atom. The van der Waals surface area contributed by atoms with Gasteiger partial charge in [0.25, 0.3) is 0 Å². The van der Waals surface area contributed by atoms with Gasteiger partial charge in [-0.1, -0.05) is 30.3 Å². The van der Waals surface area contributed by atoms with Crippen LogP contribution in [0.4, 0.5) is 5.82 Å². The first-order valence-corrected chi connectivity index (χ1v) is 9.26. The van der Waals surface area contributed by atoms with Gasteiger partial charge in [0.05, 0.1) is 5.75 Å². The number of nitrogens with zero attached hydrogens (tertiary/aromatic N) is 2. The van der Waals surface area contributed by atoms with Crippen LogP contribution in [0.2, 0.25) is 0 Å². The average molecular weight is 399 g/mol. The number of aromatic nitrogens is 1. The van der Waals surface area contributed by atoms with Crippen molar-refractivity contribution in [1.29, 1.82) is 0 Å². The molecule has 2 unspecified atom stereocenters. The van der Waals surface area contributed by atoms with E-state index in [4.69, 9.17) is 4.74 Å². The first-order chi connectivity index (χ1) is 10.9. The van der Waals surface area contributed by atoms with Gasteiger partial charge in [-0.2, -0.15) is 0 Å². The molecule has 2 heterocycles. The highest BCUT2D eigenvalue weighted by atomic mass is 79.9. The molecule has 0 fully saturated rings. The summed E-state index contributed by atoms with van der Waals surface area (Å²) < 4.78 is 32.5. The summed E-state index contributed by atoms with van der Waals surface area (Å²) in [4.78, 5) is 4.16. The molecule has 6 nitrogen and oxygen atoms in total. The lowest BCUT2D eigenvalue weighted by atomic mass is 10.2. The minimum Gasteiger partial charge on any atom is -0.372 e. The number of sulfonamides is 1. The van der Waals surface area contributed by atoms with Crippen LogP contribution in [0.5, 0.6) is 0 Å². The monoisotopic (exact) mass is 398 g/mol. The molecule has 122 valence electrons. The maximum atomic E-state index is 12.8. The van der Waals surface area contributed by atoms with Crippen molar-refractivity contribution in [2.45, 2.75) is 18.1 Å². The van der Waals surface area contributed by atoms with Crippen LogP contribution in [0, 0.1) is 0 Å². The second kappa shape index (κ2) is 6.20. The van der Waals surface area contributed by atoms with Gasteiger partial charge in [-0.05, 0) is 27.6 Å². The summed E-state index contributed by atoms with van der Waals surface area (Å²) in [6.07, 6.45) is -0.625. The van der Waals surface area contributed by atoms with E-state index >= 15 is 0 Å². The quantitative estimate of drug-likeness (QED) is 0.853. The Kier molecular flexibility index (Phi) is 4.41. The molecule has 1 aromatic carbocycles. The molecule has 0 bridgehead atoms. The van der Waals surface area contributed by atoms with Crippen LogP contribution < -0.4 is 4.31 Å². The van der Waals surface area contributed by atoms with Gasteiger partial charge in [-0.15, -0.1) is 0 Å². The predicted molar refractivity (Wildman–Crippen MR) is 89.2 cm³/mol. The molecule has 1 aliphatic heterocycles. The molecule has 0 radical (unpaired) electrons. The molecule has 0 aliphatic carbocycles. The van der Waals surface area contributed by atoms with Crippen molar-refractivity contribution in [3.63, 3.8) is 0 Å². The Balaban J connectivity index is 2.02. The summed E-state index contributed by atoms with van der Waals surface area (Å²) in [5, 5.41) is 10.4. The molecule has 0 spiro atoms. The van der Waals surface area contributed by atoms with Gasteiger partial charge in [0.15, 0.2) is 12.0 Å². The number of halogens is 1. The SMILES string of the molecule is COC1c2cc(Br)cnc2N(S(=O)(=O)Cc2ccccc2)C1O. The third-order valence-electron chi connectivity index (χ3n) is 3.63. The van der Waals surface area contributed by atoms with Crippen molar-refractivity contribution in [1.82, 2.24) is 4.98 Å². The number of aliphatic hydroxyl groups excluding tert-OH is 1. The van der Waals surface area contributed by atoms with Gasteiger partial charge in [0, 0.05) is 23.3 Å². The van der Waals surface area contributed by atoms with Crippen LogP contribution in [0.25, 0.3) is 0 Å². The van der Waals surface area contributed by atoms with Crippen molar-refractivity contribution >= 4 is 31.8 Å². The normalized spacial score (nSPS) is 20.6. The molecule has 3 rings (SSSR count). The standard InChI is InChI=1S/C15H15BrN2O4S/c1-22-13-12-7-11(16)8-17-14(12)18(15(13)19)23(20,21)9-10-5-3-2-4-6-10/h2-8,13,15,19H,9H2,1H3. The fourth-order valence-electron chi connectivity index (χ4n) is 2.65. The number of ether oxygens (including phenoxy) is 1. The van der Waals surface area contributed by atoms with E-state index in [0.29, 0.717) is 15.6 Å². The summed E-state index contributed by atoms with van der Waals surface area (Å²) in [5.41, 5.74) is 1.17. The maximum absolute atomic E-state index is 12.8. The average Bonchev–Trinajstić information content (AvgIpc) is 2.79. The second-order valence-electron chi connectivity index (χ2n) is 5.17. The van der Waals surface area contributed by atoms with Crippen molar-refractivity contribution in [3.05, 3.63) is 58.2 Å².